The molecule has 35 heavy (non-hydrogen) atoms. The molecule has 0 fully saturated rings. The number of fused-ring (bicyclic) bond motifs is 3. The van der Waals surface area contributed by atoms with Gasteiger partial charge in [0, 0.05) is 23.9 Å². The molecule has 194 valence electrons. The van der Waals surface area contributed by atoms with Crippen LogP contribution in [0.1, 0.15) is 66.2 Å². The standard InChI is InChI=1S/C30H46N2O3/c1-5-15-31(16-6-2)19-9-21-33-25-11-13-29-27(23-25)28-24-26(12-14-30(28)35-29)34-22-10-20-32(17-7-3)18-8-4/h11-14,23-24H,5-10,15-22H2,1-4H3. The van der Waals surface area contributed by atoms with Crippen molar-refractivity contribution < 1.29 is 13.9 Å². The molecule has 0 atom stereocenters. The van der Waals surface area contributed by atoms with Crippen LogP contribution in [0.3, 0.4) is 0 Å². The average Bonchev–Trinajstić information content (AvgIpc) is 3.22. The summed E-state index contributed by atoms with van der Waals surface area (Å²) in [7, 11) is 0. The molecule has 2 aromatic carbocycles. The van der Waals surface area contributed by atoms with E-state index in [1.165, 1.54) is 51.9 Å². The number of hydrogen-bond donors (Lipinski definition) is 0. The molecule has 0 N–H and O–H groups in total. The second-order valence-electron chi connectivity index (χ2n) is 9.51. The summed E-state index contributed by atoms with van der Waals surface area (Å²) >= 11 is 0. The van der Waals surface area contributed by atoms with Crippen LogP contribution in [0, 0.1) is 0 Å². The highest BCUT2D eigenvalue weighted by molar-refractivity contribution is 6.05. The van der Waals surface area contributed by atoms with Gasteiger partial charge in [0.25, 0.3) is 0 Å². The predicted octanol–water partition coefficient (Wildman–Crippen LogP) is 7.37. The average molecular weight is 483 g/mol. The minimum absolute atomic E-state index is 0.729. The normalized spacial score (nSPS) is 11.8. The van der Waals surface area contributed by atoms with E-state index >= 15 is 0 Å². The van der Waals surface area contributed by atoms with E-state index < -0.39 is 0 Å². The Hall–Kier alpha value is -2.24. The summed E-state index contributed by atoms with van der Waals surface area (Å²) in [4.78, 5) is 5.06. The van der Waals surface area contributed by atoms with Gasteiger partial charge in [-0.15, -0.1) is 0 Å². The van der Waals surface area contributed by atoms with E-state index in [2.05, 4.69) is 49.6 Å². The Bertz CT molecular complexity index is 910. The molecule has 0 bridgehead atoms. The van der Waals surface area contributed by atoms with E-state index in [1.54, 1.807) is 0 Å². The summed E-state index contributed by atoms with van der Waals surface area (Å²) in [5.41, 5.74) is 1.77. The van der Waals surface area contributed by atoms with Crippen molar-refractivity contribution in [2.45, 2.75) is 66.2 Å². The van der Waals surface area contributed by atoms with Crippen molar-refractivity contribution in [3.8, 4) is 11.5 Å². The van der Waals surface area contributed by atoms with Gasteiger partial charge < -0.3 is 23.7 Å². The minimum atomic E-state index is 0.729. The Balaban J connectivity index is 1.57. The van der Waals surface area contributed by atoms with Crippen LogP contribution in [0.25, 0.3) is 21.9 Å². The zero-order valence-corrected chi connectivity index (χ0v) is 22.5. The van der Waals surface area contributed by atoms with E-state index in [-0.39, 0.29) is 0 Å². The van der Waals surface area contributed by atoms with Crippen molar-refractivity contribution in [3.05, 3.63) is 36.4 Å². The van der Waals surface area contributed by atoms with Gasteiger partial charge in [-0.2, -0.15) is 0 Å². The molecule has 5 heteroatoms. The first-order chi connectivity index (χ1) is 17.2. The van der Waals surface area contributed by atoms with Gasteiger partial charge in [0.1, 0.15) is 22.7 Å². The highest BCUT2D eigenvalue weighted by Gasteiger charge is 2.10. The molecule has 3 rings (SSSR count). The van der Waals surface area contributed by atoms with Crippen LogP contribution in [0.15, 0.2) is 40.8 Å². The lowest BCUT2D eigenvalue weighted by atomic mass is 10.1. The quantitative estimate of drug-likeness (QED) is 0.177. The molecule has 0 spiro atoms. The lowest BCUT2D eigenvalue weighted by molar-refractivity contribution is 0.234. The third-order valence-electron chi connectivity index (χ3n) is 6.35. The molecule has 5 nitrogen and oxygen atoms in total. The molecule has 0 amide bonds. The van der Waals surface area contributed by atoms with Gasteiger partial charge in [-0.25, -0.2) is 0 Å². The van der Waals surface area contributed by atoms with Crippen LogP contribution >= 0.6 is 0 Å². The Morgan fingerprint density at radius 1 is 0.571 bits per heavy atom. The van der Waals surface area contributed by atoms with Gasteiger partial charge in [0.05, 0.1) is 13.2 Å². The van der Waals surface area contributed by atoms with Crippen LogP contribution in [0.4, 0.5) is 0 Å². The summed E-state index contributed by atoms with van der Waals surface area (Å²) in [5, 5.41) is 2.16. The molecule has 0 unspecified atom stereocenters. The molecule has 0 aliphatic rings. The zero-order chi connectivity index (χ0) is 24.9. The summed E-state index contributed by atoms with van der Waals surface area (Å²) in [6.45, 7) is 17.3. The van der Waals surface area contributed by atoms with E-state index in [0.717, 1.165) is 72.6 Å². The fourth-order valence-electron chi connectivity index (χ4n) is 4.81. The molecule has 1 aromatic heterocycles. The highest BCUT2D eigenvalue weighted by Crippen LogP contribution is 2.33. The number of hydrogen-bond acceptors (Lipinski definition) is 5. The SMILES string of the molecule is CCCN(CCC)CCCOc1ccc2oc3ccc(OCCCN(CCC)CCC)cc3c2c1. The van der Waals surface area contributed by atoms with Crippen LogP contribution in [-0.2, 0) is 0 Å². The lowest BCUT2D eigenvalue weighted by Gasteiger charge is -2.20. The first-order valence-electron chi connectivity index (χ1n) is 13.8. The Kier molecular flexibility index (Phi) is 11.7. The zero-order valence-electron chi connectivity index (χ0n) is 22.5. The molecule has 0 aliphatic heterocycles. The fraction of sp³-hybridized carbons (Fsp3) is 0.600. The first kappa shape index (κ1) is 27.3. The van der Waals surface area contributed by atoms with Crippen molar-refractivity contribution >= 4 is 21.9 Å². The van der Waals surface area contributed by atoms with Crippen LogP contribution in [-0.4, -0.2) is 62.3 Å². The number of rotatable bonds is 18. The van der Waals surface area contributed by atoms with E-state index in [0.29, 0.717) is 0 Å². The third kappa shape index (κ3) is 8.43. The molecule has 0 saturated heterocycles. The van der Waals surface area contributed by atoms with Crippen LogP contribution in [0.5, 0.6) is 11.5 Å². The van der Waals surface area contributed by atoms with Gasteiger partial charge in [0.15, 0.2) is 0 Å². The summed E-state index contributed by atoms with van der Waals surface area (Å²) in [5.74, 6) is 1.80. The molecular formula is C30H46N2O3. The first-order valence-corrected chi connectivity index (χ1v) is 13.8. The maximum Gasteiger partial charge on any atom is 0.135 e. The monoisotopic (exact) mass is 482 g/mol. The van der Waals surface area contributed by atoms with Crippen LogP contribution < -0.4 is 9.47 Å². The fourth-order valence-corrected chi connectivity index (χ4v) is 4.81. The Morgan fingerprint density at radius 2 is 0.971 bits per heavy atom. The maximum atomic E-state index is 6.11. The third-order valence-corrected chi connectivity index (χ3v) is 6.35. The van der Waals surface area contributed by atoms with Crippen molar-refractivity contribution in [1.29, 1.82) is 0 Å². The molecule has 0 aliphatic carbocycles. The van der Waals surface area contributed by atoms with Crippen LogP contribution in [0.2, 0.25) is 0 Å². The Morgan fingerprint density at radius 3 is 1.34 bits per heavy atom. The van der Waals surface area contributed by atoms with Crippen molar-refractivity contribution in [2.24, 2.45) is 0 Å². The van der Waals surface area contributed by atoms with Crippen molar-refractivity contribution in [3.63, 3.8) is 0 Å². The molecule has 3 aromatic rings. The maximum absolute atomic E-state index is 6.11. The van der Waals surface area contributed by atoms with E-state index in [9.17, 15) is 0 Å². The number of furan rings is 1. The van der Waals surface area contributed by atoms with Gasteiger partial charge in [-0.1, -0.05) is 27.7 Å². The molecular weight excluding hydrogens is 436 g/mol. The second-order valence-corrected chi connectivity index (χ2v) is 9.51. The van der Waals surface area contributed by atoms with E-state index in [4.69, 9.17) is 13.9 Å². The number of ether oxygens (including phenoxy) is 2. The smallest absolute Gasteiger partial charge is 0.135 e. The Labute approximate surface area is 212 Å². The molecule has 1 heterocycles. The van der Waals surface area contributed by atoms with Gasteiger partial charge >= 0.3 is 0 Å². The number of nitrogens with zero attached hydrogens (tertiary/aromatic N) is 2. The van der Waals surface area contributed by atoms with Crippen molar-refractivity contribution in [1.82, 2.24) is 9.80 Å². The summed E-state index contributed by atoms with van der Waals surface area (Å²) in [6.07, 6.45) is 6.88. The predicted molar refractivity (Wildman–Crippen MR) is 148 cm³/mol. The molecule has 0 radical (unpaired) electrons. The topological polar surface area (TPSA) is 38.1 Å². The highest BCUT2D eigenvalue weighted by atomic mass is 16.5. The van der Waals surface area contributed by atoms with E-state index in [1.807, 2.05) is 24.3 Å². The van der Waals surface area contributed by atoms with Crippen molar-refractivity contribution in [2.75, 3.05) is 52.5 Å². The van der Waals surface area contributed by atoms with Gasteiger partial charge in [-0.05, 0) is 101 Å². The molecule has 0 saturated carbocycles. The minimum Gasteiger partial charge on any atom is -0.494 e. The second kappa shape index (κ2) is 15.0. The lowest BCUT2D eigenvalue weighted by Crippen LogP contribution is -2.27. The van der Waals surface area contributed by atoms with Gasteiger partial charge in [0.2, 0.25) is 0 Å². The summed E-state index contributed by atoms with van der Waals surface area (Å²) in [6, 6.07) is 12.3. The van der Waals surface area contributed by atoms with Gasteiger partial charge in [-0.3, -0.25) is 0 Å². The number of benzene rings is 2. The summed E-state index contributed by atoms with van der Waals surface area (Å²) < 4.78 is 18.3. The largest absolute Gasteiger partial charge is 0.494 e.